The van der Waals surface area contributed by atoms with E-state index in [9.17, 15) is 9.59 Å². The van der Waals surface area contributed by atoms with E-state index in [2.05, 4.69) is 16.3 Å². The molecule has 4 rings (SSSR count). The Kier molecular flexibility index (Phi) is 3.23. The number of hydrogen-bond acceptors (Lipinski definition) is 4. The number of rotatable bonds is 2. The summed E-state index contributed by atoms with van der Waals surface area (Å²) in [5.41, 5.74) is 2.35. The third kappa shape index (κ3) is 1.89. The van der Waals surface area contributed by atoms with Crippen LogP contribution in [-0.2, 0) is 19.9 Å². The van der Waals surface area contributed by atoms with Gasteiger partial charge < -0.3 is 10.1 Å². The standard InChI is InChI=1S/C18H22N2O3/c1-3-23-16(21)12-10-18(20-8-4-5-15(12)20)13-9-11(2)6-7-14(13)19-17(18)22/h6-7,9,12,15H,3-5,8,10H2,1-2H3,(H,19,22). The molecule has 3 atom stereocenters. The van der Waals surface area contributed by atoms with Gasteiger partial charge in [-0.05, 0) is 45.7 Å². The lowest BCUT2D eigenvalue weighted by atomic mass is 9.84. The molecule has 1 aromatic carbocycles. The first-order valence-electron chi connectivity index (χ1n) is 8.44. The van der Waals surface area contributed by atoms with Crippen LogP contribution < -0.4 is 5.32 Å². The van der Waals surface area contributed by atoms with Crippen LogP contribution in [0.25, 0.3) is 0 Å². The molecule has 5 nitrogen and oxygen atoms in total. The summed E-state index contributed by atoms with van der Waals surface area (Å²) < 4.78 is 5.29. The average Bonchev–Trinajstić information content (AvgIpc) is 3.16. The molecule has 5 heteroatoms. The zero-order valence-electron chi connectivity index (χ0n) is 13.6. The molecule has 0 aromatic heterocycles. The molecule has 0 saturated carbocycles. The molecular weight excluding hydrogens is 292 g/mol. The molecule has 1 aromatic rings. The maximum Gasteiger partial charge on any atom is 0.310 e. The minimum Gasteiger partial charge on any atom is -0.466 e. The lowest BCUT2D eigenvalue weighted by Crippen LogP contribution is -2.47. The summed E-state index contributed by atoms with van der Waals surface area (Å²) in [5.74, 6) is -0.360. The van der Waals surface area contributed by atoms with Crippen LogP contribution in [-0.4, -0.2) is 36.0 Å². The summed E-state index contributed by atoms with van der Waals surface area (Å²) in [5, 5.41) is 3.03. The summed E-state index contributed by atoms with van der Waals surface area (Å²) in [6, 6.07) is 6.19. The van der Waals surface area contributed by atoms with Gasteiger partial charge in [0, 0.05) is 17.3 Å². The number of anilines is 1. The number of nitrogens with one attached hydrogen (secondary N) is 1. The molecule has 3 aliphatic heterocycles. The van der Waals surface area contributed by atoms with Gasteiger partial charge in [-0.2, -0.15) is 0 Å². The summed E-state index contributed by atoms with van der Waals surface area (Å²) in [4.78, 5) is 27.6. The number of hydrogen-bond donors (Lipinski definition) is 1. The molecule has 0 radical (unpaired) electrons. The predicted octanol–water partition coefficient (Wildman–Crippen LogP) is 2.19. The van der Waals surface area contributed by atoms with Crippen LogP contribution in [0.15, 0.2) is 18.2 Å². The van der Waals surface area contributed by atoms with E-state index in [0.29, 0.717) is 13.0 Å². The highest BCUT2D eigenvalue weighted by Crippen LogP contribution is 2.54. The monoisotopic (exact) mass is 314 g/mol. The van der Waals surface area contributed by atoms with Gasteiger partial charge in [-0.25, -0.2) is 0 Å². The molecule has 0 bridgehead atoms. The number of nitrogens with zero attached hydrogens (tertiary/aromatic N) is 1. The summed E-state index contributed by atoms with van der Waals surface area (Å²) in [6.45, 7) is 5.12. The number of esters is 1. The topological polar surface area (TPSA) is 58.6 Å². The van der Waals surface area contributed by atoms with E-state index in [1.54, 1.807) is 0 Å². The Hall–Kier alpha value is -1.88. The van der Waals surface area contributed by atoms with Crippen molar-refractivity contribution in [3.63, 3.8) is 0 Å². The maximum atomic E-state index is 12.9. The first kappa shape index (κ1) is 14.7. The van der Waals surface area contributed by atoms with Crippen molar-refractivity contribution in [3.05, 3.63) is 29.3 Å². The smallest absolute Gasteiger partial charge is 0.310 e. The Bertz CT molecular complexity index is 687. The van der Waals surface area contributed by atoms with Crippen molar-refractivity contribution >= 4 is 17.6 Å². The highest BCUT2D eigenvalue weighted by Gasteiger charge is 2.63. The van der Waals surface area contributed by atoms with E-state index in [0.717, 1.165) is 36.2 Å². The number of fused-ring (bicyclic) bond motifs is 4. The van der Waals surface area contributed by atoms with E-state index >= 15 is 0 Å². The largest absolute Gasteiger partial charge is 0.466 e. The predicted molar refractivity (Wildman–Crippen MR) is 86.0 cm³/mol. The van der Waals surface area contributed by atoms with Crippen LogP contribution in [0.2, 0.25) is 0 Å². The van der Waals surface area contributed by atoms with Gasteiger partial charge in [0.25, 0.3) is 0 Å². The van der Waals surface area contributed by atoms with Crippen molar-refractivity contribution in [1.82, 2.24) is 4.90 Å². The van der Waals surface area contributed by atoms with E-state index < -0.39 is 5.54 Å². The maximum absolute atomic E-state index is 12.9. The number of amides is 1. The number of ether oxygens (including phenoxy) is 1. The molecule has 3 heterocycles. The van der Waals surface area contributed by atoms with Gasteiger partial charge >= 0.3 is 5.97 Å². The van der Waals surface area contributed by atoms with Gasteiger partial charge in [0.2, 0.25) is 5.91 Å². The Morgan fingerprint density at radius 3 is 3.09 bits per heavy atom. The SMILES string of the molecule is CCOC(=O)C1CC2(C(=O)Nc3ccc(C)cc32)N2CCCC12. The number of benzene rings is 1. The van der Waals surface area contributed by atoms with Crippen LogP contribution in [0.4, 0.5) is 5.69 Å². The zero-order chi connectivity index (χ0) is 16.2. The van der Waals surface area contributed by atoms with Gasteiger partial charge in [0.05, 0.1) is 12.5 Å². The molecule has 1 spiro atoms. The van der Waals surface area contributed by atoms with Crippen molar-refractivity contribution in [2.24, 2.45) is 5.92 Å². The molecule has 3 unspecified atom stereocenters. The fraction of sp³-hybridized carbons (Fsp3) is 0.556. The van der Waals surface area contributed by atoms with Gasteiger partial charge in [0.15, 0.2) is 0 Å². The van der Waals surface area contributed by atoms with Crippen LogP contribution in [0, 0.1) is 12.8 Å². The van der Waals surface area contributed by atoms with E-state index in [4.69, 9.17) is 4.74 Å². The second-order valence-corrected chi connectivity index (χ2v) is 6.83. The molecule has 1 N–H and O–H groups in total. The Labute approximate surface area is 136 Å². The lowest BCUT2D eigenvalue weighted by molar-refractivity contribution is -0.148. The molecular formula is C18H22N2O3. The molecule has 122 valence electrons. The fourth-order valence-electron chi connectivity index (χ4n) is 4.69. The van der Waals surface area contributed by atoms with E-state index in [-0.39, 0.29) is 23.8 Å². The number of carbonyl (C=O) groups is 2. The molecule has 0 aliphatic carbocycles. The van der Waals surface area contributed by atoms with Crippen molar-refractivity contribution in [2.45, 2.75) is 44.7 Å². The minimum absolute atomic E-state index is 0.0109. The highest BCUT2D eigenvalue weighted by molar-refractivity contribution is 6.06. The van der Waals surface area contributed by atoms with Crippen molar-refractivity contribution in [1.29, 1.82) is 0 Å². The quantitative estimate of drug-likeness (QED) is 0.850. The third-order valence-corrected chi connectivity index (χ3v) is 5.60. The van der Waals surface area contributed by atoms with E-state index in [1.807, 2.05) is 26.0 Å². The van der Waals surface area contributed by atoms with Crippen LogP contribution in [0.3, 0.4) is 0 Å². The first-order chi connectivity index (χ1) is 11.1. The summed E-state index contributed by atoms with van der Waals surface area (Å²) in [7, 11) is 0. The minimum atomic E-state index is -0.694. The summed E-state index contributed by atoms with van der Waals surface area (Å²) >= 11 is 0. The normalized spacial score (nSPS) is 32.0. The Morgan fingerprint density at radius 1 is 1.48 bits per heavy atom. The van der Waals surface area contributed by atoms with Crippen molar-refractivity contribution in [3.8, 4) is 0 Å². The van der Waals surface area contributed by atoms with Crippen molar-refractivity contribution < 1.29 is 14.3 Å². The second-order valence-electron chi connectivity index (χ2n) is 6.83. The number of carbonyl (C=O) groups excluding carboxylic acids is 2. The van der Waals surface area contributed by atoms with Crippen LogP contribution >= 0.6 is 0 Å². The number of aryl methyl sites for hydroxylation is 1. The van der Waals surface area contributed by atoms with Crippen molar-refractivity contribution in [2.75, 3.05) is 18.5 Å². The molecule has 23 heavy (non-hydrogen) atoms. The molecule has 2 saturated heterocycles. The Balaban J connectivity index is 1.81. The van der Waals surface area contributed by atoms with Crippen LogP contribution in [0.1, 0.15) is 37.3 Å². The van der Waals surface area contributed by atoms with Gasteiger partial charge in [-0.3, -0.25) is 14.5 Å². The third-order valence-electron chi connectivity index (χ3n) is 5.60. The zero-order valence-corrected chi connectivity index (χ0v) is 13.6. The Morgan fingerprint density at radius 2 is 2.30 bits per heavy atom. The second kappa shape index (κ2) is 5.06. The molecule has 2 fully saturated rings. The first-order valence-corrected chi connectivity index (χ1v) is 8.44. The molecule has 3 aliphatic rings. The molecule has 1 amide bonds. The van der Waals surface area contributed by atoms with Gasteiger partial charge in [-0.15, -0.1) is 0 Å². The highest BCUT2D eigenvalue weighted by atomic mass is 16.5. The van der Waals surface area contributed by atoms with Gasteiger partial charge in [-0.1, -0.05) is 17.7 Å². The summed E-state index contributed by atoms with van der Waals surface area (Å²) in [6.07, 6.45) is 2.51. The lowest BCUT2D eigenvalue weighted by Gasteiger charge is -2.32. The van der Waals surface area contributed by atoms with Crippen LogP contribution in [0.5, 0.6) is 0 Å². The average molecular weight is 314 g/mol. The van der Waals surface area contributed by atoms with Gasteiger partial charge in [0.1, 0.15) is 5.54 Å². The fourth-order valence-corrected chi connectivity index (χ4v) is 4.69. The van der Waals surface area contributed by atoms with E-state index in [1.165, 1.54) is 0 Å².